The minimum Gasteiger partial charge on any atom is -0.493 e. The van der Waals surface area contributed by atoms with Crippen LogP contribution in [0.5, 0.6) is 11.5 Å². The highest BCUT2D eigenvalue weighted by molar-refractivity contribution is 7.26. The number of hydrogen-bond donors (Lipinski definition) is 0. The van der Waals surface area contributed by atoms with Gasteiger partial charge in [0.2, 0.25) is 0 Å². The molecule has 3 aromatic rings. The van der Waals surface area contributed by atoms with Crippen molar-refractivity contribution in [3.8, 4) is 24.0 Å². The summed E-state index contributed by atoms with van der Waals surface area (Å²) in [7, 11) is 0. The summed E-state index contributed by atoms with van der Waals surface area (Å²) in [6, 6.07) is 8.32. The van der Waals surface area contributed by atoms with Gasteiger partial charge in [0.15, 0.2) is 0 Å². The van der Waals surface area contributed by atoms with Crippen LogP contribution in [0.2, 0.25) is 0 Å². The molecule has 0 atom stereocenters. The summed E-state index contributed by atoms with van der Waals surface area (Å²) in [6.07, 6.45) is 12.4. The molecule has 0 aliphatic carbocycles. The lowest BCUT2D eigenvalue weighted by atomic mass is 10.1. The van der Waals surface area contributed by atoms with Crippen LogP contribution < -0.4 is 9.47 Å². The van der Waals surface area contributed by atoms with Crippen LogP contribution in [0.15, 0.2) is 24.3 Å². The Morgan fingerprint density at radius 1 is 0.920 bits per heavy atom. The Morgan fingerprint density at radius 2 is 1.56 bits per heavy atom. The van der Waals surface area contributed by atoms with Crippen LogP contribution in [0.3, 0.4) is 0 Å². The molecule has 0 fully saturated rings. The van der Waals surface area contributed by atoms with Gasteiger partial charge in [0.1, 0.15) is 17.6 Å². The average Bonchev–Trinajstić information content (AvgIpc) is 2.99. The van der Waals surface area contributed by atoms with Gasteiger partial charge in [0, 0.05) is 31.3 Å². The van der Waals surface area contributed by atoms with E-state index >= 15 is 0 Å². The van der Waals surface area contributed by atoms with Crippen molar-refractivity contribution in [2.45, 2.75) is 46.5 Å². The van der Waals surface area contributed by atoms with E-state index in [1.165, 1.54) is 45.0 Å². The van der Waals surface area contributed by atoms with Crippen LogP contribution in [0.1, 0.15) is 43.7 Å². The molecule has 0 amide bonds. The molecule has 0 N–H and O–H groups in total. The second-order valence-corrected chi connectivity index (χ2v) is 7.38. The van der Waals surface area contributed by atoms with Gasteiger partial charge in [-0.3, -0.25) is 0 Å². The van der Waals surface area contributed by atoms with Gasteiger partial charge in [-0.05, 0) is 44.5 Å². The lowest BCUT2D eigenvalue weighted by molar-refractivity contribution is 0.303. The molecular weight excluding hydrogens is 328 g/mol. The number of benzene rings is 2. The molecule has 2 aromatic carbocycles. The number of unbranched alkanes of at least 4 members (excludes halogenated alkanes) is 3. The van der Waals surface area contributed by atoms with Crippen LogP contribution in [0.25, 0.3) is 20.2 Å². The summed E-state index contributed by atoms with van der Waals surface area (Å²) in [6.45, 7) is 7.22. The molecule has 0 bridgehead atoms. The van der Waals surface area contributed by atoms with Crippen molar-refractivity contribution in [2.24, 2.45) is 0 Å². The summed E-state index contributed by atoms with van der Waals surface area (Å²) < 4.78 is 13.8. The Hall–Kier alpha value is -2.18. The molecule has 0 aliphatic heterocycles. The quantitative estimate of drug-likeness (QED) is 0.352. The molecule has 3 rings (SSSR count). The fraction of sp³-hybridized carbons (Fsp3) is 0.364. The molecule has 0 aliphatic rings. The van der Waals surface area contributed by atoms with Crippen LogP contribution in [-0.4, -0.2) is 6.61 Å². The van der Waals surface area contributed by atoms with E-state index in [0.717, 1.165) is 30.1 Å². The van der Waals surface area contributed by atoms with E-state index in [1.807, 2.05) is 6.07 Å². The average molecular weight is 352 g/mol. The molecule has 130 valence electrons. The second-order valence-electron chi connectivity index (χ2n) is 6.36. The third kappa shape index (κ3) is 3.45. The molecule has 0 unspecified atom stereocenters. The Morgan fingerprint density at radius 3 is 2.20 bits per heavy atom. The molecular formula is C22H24O2S. The highest BCUT2D eigenvalue weighted by atomic mass is 32.1. The lowest BCUT2D eigenvalue weighted by Gasteiger charge is -2.09. The van der Waals surface area contributed by atoms with Crippen molar-refractivity contribution in [3.63, 3.8) is 0 Å². The van der Waals surface area contributed by atoms with Gasteiger partial charge < -0.3 is 9.47 Å². The first-order chi connectivity index (χ1) is 12.2. The zero-order chi connectivity index (χ0) is 17.8. The van der Waals surface area contributed by atoms with E-state index < -0.39 is 0 Å². The molecule has 1 heterocycles. The Balaban J connectivity index is 1.94. The molecule has 3 heteroatoms. The highest BCUT2D eigenvalue weighted by Gasteiger charge is 2.14. The number of aryl methyl sites for hydroxylation is 2. The van der Waals surface area contributed by atoms with Crippen molar-refractivity contribution in [3.05, 3.63) is 35.4 Å². The Labute approximate surface area is 153 Å². The van der Waals surface area contributed by atoms with Gasteiger partial charge in [0.25, 0.3) is 0 Å². The van der Waals surface area contributed by atoms with Gasteiger partial charge in [0.05, 0.1) is 6.61 Å². The SMILES string of the molecule is C#COc1ccc2c(sc3c(C)c(OCCCCCC)ccc32)c1C. The third-order valence-corrected chi connectivity index (χ3v) is 6.09. The van der Waals surface area contributed by atoms with Crippen LogP contribution >= 0.6 is 11.3 Å². The summed E-state index contributed by atoms with van der Waals surface area (Å²) >= 11 is 1.79. The van der Waals surface area contributed by atoms with Crippen molar-refractivity contribution >= 4 is 31.5 Å². The number of hydrogen-bond acceptors (Lipinski definition) is 3. The molecule has 0 radical (unpaired) electrons. The topological polar surface area (TPSA) is 18.5 Å². The van der Waals surface area contributed by atoms with E-state index in [1.54, 1.807) is 11.3 Å². The van der Waals surface area contributed by atoms with E-state index in [-0.39, 0.29) is 0 Å². The predicted octanol–water partition coefficient (Wildman–Crippen LogP) is 6.60. The van der Waals surface area contributed by atoms with Gasteiger partial charge >= 0.3 is 0 Å². The van der Waals surface area contributed by atoms with E-state index in [4.69, 9.17) is 15.9 Å². The van der Waals surface area contributed by atoms with Crippen LogP contribution in [-0.2, 0) is 0 Å². The minimum absolute atomic E-state index is 0.756. The molecule has 0 saturated heterocycles. The molecule has 25 heavy (non-hydrogen) atoms. The van der Waals surface area contributed by atoms with E-state index in [2.05, 4.69) is 45.1 Å². The van der Waals surface area contributed by atoms with Gasteiger partial charge in [-0.25, -0.2) is 0 Å². The molecule has 2 nitrogen and oxygen atoms in total. The number of rotatable bonds is 7. The lowest BCUT2D eigenvalue weighted by Crippen LogP contribution is -1.98. The molecule has 1 aromatic heterocycles. The smallest absolute Gasteiger partial charge is 0.144 e. The summed E-state index contributed by atoms with van der Waals surface area (Å²) in [4.78, 5) is 0. The Bertz CT molecular complexity index is 931. The number of terminal acetylenes is 1. The first-order valence-electron chi connectivity index (χ1n) is 8.88. The molecule has 0 spiro atoms. The van der Waals surface area contributed by atoms with Crippen molar-refractivity contribution in [1.29, 1.82) is 0 Å². The summed E-state index contributed by atoms with van der Waals surface area (Å²) in [5.41, 5.74) is 2.31. The third-order valence-electron chi connectivity index (χ3n) is 4.63. The van der Waals surface area contributed by atoms with Crippen LogP contribution in [0.4, 0.5) is 0 Å². The zero-order valence-electron chi connectivity index (χ0n) is 15.1. The normalized spacial score (nSPS) is 11.0. The summed E-state index contributed by atoms with van der Waals surface area (Å²) in [5.74, 6) is 1.75. The predicted molar refractivity (Wildman–Crippen MR) is 108 cm³/mol. The van der Waals surface area contributed by atoms with Crippen LogP contribution in [0, 0.1) is 26.4 Å². The number of fused-ring (bicyclic) bond motifs is 3. The second kappa shape index (κ2) is 7.80. The first-order valence-corrected chi connectivity index (χ1v) is 9.69. The standard InChI is InChI=1S/C22H24O2S/c1-5-7-8-9-14-24-20-13-11-18-17-10-12-19(23-6-2)15(3)21(17)25-22(18)16(20)4/h2,10-13H,5,7-9,14H2,1,3-4H3. The number of ether oxygens (including phenoxy) is 2. The highest BCUT2D eigenvalue weighted by Crippen LogP contribution is 2.42. The number of thiophene rings is 1. The fourth-order valence-corrected chi connectivity index (χ4v) is 4.47. The largest absolute Gasteiger partial charge is 0.493 e. The minimum atomic E-state index is 0.756. The van der Waals surface area contributed by atoms with Crippen molar-refractivity contribution in [1.82, 2.24) is 0 Å². The first kappa shape index (κ1) is 17.6. The monoisotopic (exact) mass is 352 g/mol. The van der Waals surface area contributed by atoms with Gasteiger partial charge in [-0.1, -0.05) is 32.6 Å². The van der Waals surface area contributed by atoms with E-state index in [9.17, 15) is 0 Å². The Kier molecular flexibility index (Phi) is 5.50. The molecule has 0 saturated carbocycles. The van der Waals surface area contributed by atoms with E-state index in [0.29, 0.717) is 0 Å². The maximum absolute atomic E-state index is 6.04. The maximum atomic E-state index is 6.04. The van der Waals surface area contributed by atoms with Crippen molar-refractivity contribution in [2.75, 3.05) is 6.61 Å². The van der Waals surface area contributed by atoms with Crippen molar-refractivity contribution < 1.29 is 9.47 Å². The zero-order valence-corrected chi connectivity index (χ0v) is 16.0. The summed E-state index contributed by atoms with van der Waals surface area (Å²) in [5, 5.41) is 2.52. The maximum Gasteiger partial charge on any atom is 0.144 e. The fourth-order valence-electron chi connectivity index (χ4n) is 3.18. The van der Waals surface area contributed by atoms with Gasteiger partial charge in [-0.2, -0.15) is 0 Å². The van der Waals surface area contributed by atoms with Gasteiger partial charge in [-0.15, -0.1) is 11.3 Å².